The number of carboxylic acid groups (broad SMARTS) is 1. The highest BCUT2D eigenvalue weighted by atomic mass is 35.5. The number of aromatic carboxylic acids is 1. The Morgan fingerprint density at radius 2 is 1.82 bits per heavy atom. The molecule has 0 bridgehead atoms. The van der Waals surface area contributed by atoms with E-state index in [1.165, 1.54) is 105 Å². The average Bonchev–Trinajstić information content (AvgIpc) is 3.18. The quantitative estimate of drug-likeness (QED) is 0.325. The van der Waals surface area contributed by atoms with E-state index < -0.39 is 5.97 Å². The number of likely N-dealkylation sites (tertiary alicyclic amines) is 1. The monoisotopic (exact) mass is 547 g/mol. The van der Waals surface area contributed by atoms with Gasteiger partial charge >= 0.3 is 5.97 Å². The number of nitrogens with zero attached hydrogens (tertiary/aromatic N) is 3. The summed E-state index contributed by atoms with van der Waals surface area (Å²) in [6, 6.07) is 12.2. The van der Waals surface area contributed by atoms with Gasteiger partial charge in [-0.2, -0.15) is 0 Å². The van der Waals surface area contributed by atoms with Crippen molar-refractivity contribution < 1.29 is 9.90 Å². The molecule has 2 aliphatic heterocycles. The summed E-state index contributed by atoms with van der Waals surface area (Å²) in [6.45, 7) is 8.73. The zero-order valence-electron chi connectivity index (χ0n) is 23.3. The Hall–Kier alpha value is -2.50. The molecule has 0 radical (unpaired) electrons. The SMILES string of the molecule is CCCN1CCCC(CCN2CCn3c(c(C4CCCCC4)c4ccc(C(=O)O)cc43)-c3ccc(Cl)cc32)C1. The van der Waals surface area contributed by atoms with Crippen LogP contribution in [0.5, 0.6) is 0 Å². The van der Waals surface area contributed by atoms with Crippen molar-refractivity contribution >= 4 is 34.2 Å². The summed E-state index contributed by atoms with van der Waals surface area (Å²) < 4.78 is 2.43. The fourth-order valence-corrected chi connectivity index (χ4v) is 7.79. The van der Waals surface area contributed by atoms with Gasteiger partial charge in [-0.3, -0.25) is 0 Å². The standard InChI is InChI=1S/C33H42ClN3O2/c1-2-15-35-16-6-7-23(22-35)14-17-36-18-19-37-30-20-25(33(38)39)10-12-27(30)31(24-8-4-3-5-9-24)32(37)28-13-11-26(34)21-29(28)36/h10-13,20-21,23-24H,2-9,14-19,22H2,1H3,(H,38,39). The summed E-state index contributed by atoms with van der Waals surface area (Å²) in [5, 5.41) is 11.8. The highest BCUT2D eigenvalue weighted by Gasteiger charge is 2.31. The third-order valence-electron chi connectivity index (χ3n) is 9.46. The minimum absolute atomic E-state index is 0.365. The Morgan fingerprint density at radius 3 is 2.62 bits per heavy atom. The van der Waals surface area contributed by atoms with Crippen molar-refractivity contribution in [2.75, 3.05) is 37.6 Å². The van der Waals surface area contributed by atoms with E-state index in [-0.39, 0.29) is 0 Å². The van der Waals surface area contributed by atoms with Crippen LogP contribution in [0.1, 0.15) is 86.6 Å². The summed E-state index contributed by atoms with van der Waals surface area (Å²) in [7, 11) is 0. The fourth-order valence-electron chi connectivity index (χ4n) is 7.62. The lowest BCUT2D eigenvalue weighted by molar-refractivity contribution is 0.0697. The van der Waals surface area contributed by atoms with Crippen LogP contribution in [-0.4, -0.2) is 53.3 Å². The van der Waals surface area contributed by atoms with Gasteiger partial charge in [0.2, 0.25) is 0 Å². The van der Waals surface area contributed by atoms with Gasteiger partial charge in [0.25, 0.3) is 0 Å². The molecule has 2 aromatic carbocycles. The van der Waals surface area contributed by atoms with E-state index in [9.17, 15) is 9.90 Å². The van der Waals surface area contributed by atoms with Gasteiger partial charge in [0.15, 0.2) is 0 Å². The number of rotatable bonds is 7. The van der Waals surface area contributed by atoms with Crippen LogP contribution in [0.15, 0.2) is 36.4 Å². The van der Waals surface area contributed by atoms with Crippen molar-refractivity contribution in [3.05, 3.63) is 52.5 Å². The summed E-state index contributed by atoms with van der Waals surface area (Å²) in [6.07, 6.45) is 11.3. The number of fused-ring (bicyclic) bond motifs is 5. The molecule has 6 rings (SSSR count). The van der Waals surface area contributed by atoms with Gasteiger partial charge in [-0.05, 0) is 99.3 Å². The molecule has 1 unspecified atom stereocenters. The van der Waals surface area contributed by atoms with Crippen LogP contribution in [0.3, 0.4) is 0 Å². The predicted octanol–water partition coefficient (Wildman–Crippen LogP) is 8.04. The molecule has 1 saturated heterocycles. The van der Waals surface area contributed by atoms with Crippen molar-refractivity contribution in [1.29, 1.82) is 0 Å². The first kappa shape index (κ1) is 26.7. The second kappa shape index (κ2) is 11.5. The average molecular weight is 548 g/mol. The van der Waals surface area contributed by atoms with Crippen molar-refractivity contribution in [3.63, 3.8) is 0 Å². The molecule has 1 N–H and O–H groups in total. The maximum Gasteiger partial charge on any atom is 0.335 e. The molecule has 0 amide bonds. The molecular formula is C33H42ClN3O2. The molecular weight excluding hydrogens is 506 g/mol. The van der Waals surface area contributed by atoms with E-state index in [0.717, 1.165) is 36.1 Å². The first-order chi connectivity index (χ1) is 19.0. The van der Waals surface area contributed by atoms with Crippen LogP contribution in [-0.2, 0) is 6.54 Å². The first-order valence-electron chi connectivity index (χ1n) is 15.2. The Kier molecular flexibility index (Phi) is 7.91. The van der Waals surface area contributed by atoms with Gasteiger partial charge < -0.3 is 19.5 Å². The molecule has 1 saturated carbocycles. The number of halogens is 1. The van der Waals surface area contributed by atoms with E-state index in [2.05, 4.69) is 39.5 Å². The number of carboxylic acids is 1. The highest BCUT2D eigenvalue weighted by molar-refractivity contribution is 6.31. The van der Waals surface area contributed by atoms with Crippen LogP contribution in [0.4, 0.5) is 5.69 Å². The normalized spacial score (nSPS) is 20.6. The highest BCUT2D eigenvalue weighted by Crippen LogP contribution is 2.48. The molecule has 208 valence electrons. The zero-order chi connectivity index (χ0) is 26.9. The van der Waals surface area contributed by atoms with E-state index in [0.29, 0.717) is 11.5 Å². The summed E-state index contributed by atoms with van der Waals surface area (Å²) in [5.74, 6) is 0.389. The molecule has 5 nitrogen and oxygen atoms in total. The minimum Gasteiger partial charge on any atom is -0.478 e. The molecule has 1 aromatic heterocycles. The van der Waals surface area contributed by atoms with Gasteiger partial charge in [0.1, 0.15) is 0 Å². The molecule has 6 heteroatoms. The van der Waals surface area contributed by atoms with Crippen LogP contribution in [0.2, 0.25) is 5.02 Å². The van der Waals surface area contributed by atoms with Crippen molar-refractivity contribution in [2.24, 2.45) is 5.92 Å². The van der Waals surface area contributed by atoms with Gasteiger partial charge in [0.05, 0.1) is 11.3 Å². The number of carbonyl (C=O) groups is 1. The van der Waals surface area contributed by atoms with E-state index in [4.69, 9.17) is 11.6 Å². The zero-order valence-corrected chi connectivity index (χ0v) is 24.1. The lowest BCUT2D eigenvalue weighted by Crippen LogP contribution is -2.37. The lowest BCUT2D eigenvalue weighted by Gasteiger charge is -2.34. The molecule has 0 spiro atoms. The number of piperidine rings is 1. The summed E-state index contributed by atoms with van der Waals surface area (Å²) in [5.41, 5.74) is 6.64. The molecule has 3 aromatic rings. The number of hydrogen-bond donors (Lipinski definition) is 1. The largest absolute Gasteiger partial charge is 0.478 e. The second-order valence-corrected chi connectivity index (χ2v) is 12.5. The first-order valence-corrected chi connectivity index (χ1v) is 15.6. The smallest absolute Gasteiger partial charge is 0.335 e. The van der Waals surface area contributed by atoms with Crippen molar-refractivity contribution in [2.45, 2.75) is 77.2 Å². The Balaban J connectivity index is 1.40. The van der Waals surface area contributed by atoms with Crippen molar-refractivity contribution in [3.8, 4) is 11.3 Å². The molecule has 1 atom stereocenters. The molecule has 1 aliphatic carbocycles. The predicted molar refractivity (Wildman–Crippen MR) is 161 cm³/mol. The molecule has 3 heterocycles. The fraction of sp³-hybridized carbons (Fsp3) is 0.545. The van der Waals surface area contributed by atoms with Gasteiger partial charge in [0, 0.05) is 53.4 Å². The van der Waals surface area contributed by atoms with E-state index in [1.807, 2.05) is 12.1 Å². The van der Waals surface area contributed by atoms with Crippen LogP contribution < -0.4 is 4.90 Å². The number of hydrogen-bond acceptors (Lipinski definition) is 3. The Morgan fingerprint density at radius 1 is 0.974 bits per heavy atom. The maximum atomic E-state index is 11.9. The van der Waals surface area contributed by atoms with Crippen molar-refractivity contribution in [1.82, 2.24) is 9.47 Å². The van der Waals surface area contributed by atoms with Crippen LogP contribution >= 0.6 is 11.6 Å². The Labute approximate surface area is 237 Å². The van der Waals surface area contributed by atoms with Gasteiger partial charge in [-0.1, -0.05) is 43.9 Å². The Bertz CT molecular complexity index is 1340. The summed E-state index contributed by atoms with van der Waals surface area (Å²) >= 11 is 6.64. The lowest BCUT2D eigenvalue weighted by atomic mass is 9.81. The van der Waals surface area contributed by atoms with Crippen LogP contribution in [0.25, 0.3) is 22.2 Å². The van der Waals surface area contributed by atoms with E-state index in [1.54, 1.807) is 6.07 Å². The third-order valence-corrected chi connectivity index (χ3v) is 9.70. The number of benzene rings is 2. The van der Waals surface area contributed by atoms with Crippen LogP contribution in [0, 0.1) is 5.92 Å². The maximum absolute atomic E-state index is 11.9. The summed E-state index contributed by atoms with van der Waals surface area (Å²) in [4.78, 5) is 17.1. The molecule has 39 heavy (non-hydrogen) atoms. The number of aromatic nitrogens is 1. The van der Waals surface area contributed by atoms with E-state index >= 15 is 0 Å². The minimum atomic E-state index is -0.862. The van der Waals surface area contributed by atoms with Gasteiger partial charge in [-0.25, -0.2) is 4.79 Å². The molecule has 2 fully saturated rings. The van der Waals surface area contributed by atoms with Gasteiger partial charge in [-0.15, -0.1) is 0 Å². The topological polar surface area (TPSA) is 48.7 Å². The number of anilines is 1. The third kappa shape index (κ3) is 5.32. The second-order valence-electron chi connectivity index (χ2n) is 12.0. The molecule has 3 aliphatic rings.